The third kappa shape index (κ3) is 4.92. The van der Waals surface area contributed by atoms with E-state index in [0.717, 1.165) is 37.2 Å². The maximum atomic E-state index is 12.3. The summed E-state index contributed by atoms with van der Waals surface area (Å²) < 4.78 is 0. The van der Waals surface area contributed by atoms with E-state index in [1.54, 1.807) is 12.3 Å². The molecule has 1 aliphatic heterocycles. The van der Waals surface area contributed by atoms with E-state index in [0.29, 0.717) is 18.9 Å². The van der Waals surface area contributed by atoms with E-state index < -0.39 is 0 Å². The summed E-state index contributed by atoms with van der Waals surface area (Å²) in [6, 6.07) is 9.74. The molecule has 3 rings (SSSR count). The maximum Gasteiger partial charge on any atom is 0.266 e. The molecule has 0 bridgehead atoms. The lowest BCUT2D eigenvalue weighted by Crippen LogP contribution is -2.38. The van der Waals surface area contributed by atoms with Gasteiger partial charge in [-0.25, -0.2) is 5.10 Å². The van der Waals surface area contributed by atoms with Gasteiger partial charge in [-0.15, -0.1) is 0 Å². The number of benzene rings is 1. The molecule has 0 aliphatic carbocycles. The van der Waals surface area contributed by atoms with Crippen LogP contribution in [-0.4, -0.2) is 29.2 Å². The molecule has 2 heterocycles. The predicted molar refractivity (Wildman–Crippen MR) is 97.4 cm³/mol. The van der Waals surface area contributed by atoms with Gasteiger partial charge in [0.2, 0.25) is 5.91 Å². The summed E-state index contributed by atoms with van der Waals surface area (Å²) in [5.74, 6) is 0.377. The number of rotatable bonds is 5. The second-order valence-electron chi connectivity index (χ2n) is 6.72. The SMILES string of the molecule is Cc1ccc(CNC(=O)CC2CCCN(c3cn[nH]c(=O)c3)C2)cc1. The number of H-pyrrole nitrogens is 1. The van der Waals surface area contributed by atoms with E-state index in [-0.39, 0.29) is 11.5 Å². The molecule has 1 aliphatic rings. The molecule has 2 N–H and O–H groups in total. The fraction of sp³-hybridized carbons (Fsp3) is 0.421. The molecule has 1 atom stereocenters. The predicted octanol–water partition coefficient (Wildman–Crippen LogP) is 2.00. The highest BCUT2D eigenvalue weighted by atomic mass is 16.1. The summed E-state index contributed by atoms with van der Waals surface area (Å²) >= 11 is 0. The van der Waals surface area contributed by atoms with Gasteiger partial charge in [0.15, 0.2) is 0 Å². The molecule has 25 heavy (non-hydrogen) atoms. The van der Waals surface area contributed by atoms with Gasteiger partial charge in [0.25, 0.3) is 5.56 Å². The molecule has 1 aromatic heterocycles. The van der Waals surface area contributed by atoms with Crippen molar-refractivity contribution < 1.29 is 4.79 Å². The molecule has 1 saturated heterocycles. The monoisotopic (exact) mass is 340 g/mol. The van der Waals surface area contributed by atoms with Crippen LogP contribution in [0.5, 0.6) is 0 Å². The number of aromatic amines is 1. The number of hydrogen-bond acceptors (Lipinski definition) is 4. The highest BCUT2D eigenvalue weighted by Crippen LogP contribution is 2.23. The Labute approximate surface area is 147 Å². The summed E-state index contributed by atoms with van der Waals surface area (Å²) in [7, 11) is 0. The van der Waals surface area contributed by atoms with E-state index in [2.05, 4.69) is 32.5 Å². The van der Waals surface area contributed by atoms with Gasteiger partial charge in [-0.05, 0) is 31.2 Å². The lowest BCUT2D eigenvalue weighted by atomic mass is 9.94. The second-order valence-corrected chi connectivity index (χ2v) is 6.72. The molecule has 0 radical (unpaired) electrons. The summed E-state index contributed by atoms with van der Waals surface area (Å²) in [6.07, 6.45) is 4.23. The van der Waals surface area contributed by atoms with Crippen molar-refractivity contribution in [2.45, 2.75) is 32.7 Å². The van der Waals surface area contributed by atoms with Gasteiger partial charge in [-0.2, -0.15) is 5.10 Å². The number of aryl methyl sites for hydroxylation is 1. The van der Waals surface area contributed by atoms with Crippen LogP contribution in [0.1, 0.15) is 30.4 Å². The van der Waals surface area contributed by atoms with Gasteiger partial charge in [0.05, 0.1) is 11.9 Å². The number of carbonyl (C=O) groups excluding carboxylic acids is 1. The van der Waals surface area contributed by atoms with Crippen molar-refractivity contribution in [2.75, 3.05) is 18.0 Å². The zero-order valence-corrected chi connectivity index (χ0v) is 14.5. The van der Waals surface area contributed by atoms with Crippen molar-refractivity contribution in [3.63, 3.8) is 0 Å². The van der Waals surface area contributed by atoms with Crippen molar-refractivity contribution in [2.24, 2.45) is 5.92 Å². The molecular weight excluding hydrogens is 316 g/mol. The Morgan fingerprint density at radius 1 is 1.36 bits per heavy atom. The normalized spacial score (nSPS) is 17.3. The van der Waals surface area contributed by atoms with Crippen LogP contribution in [0, 0.1) is 12.8 Å². The van der Waals surface area contributed by atoms with Crippen LogP contribution >= 0.6 is 0 Å². The number of carbonyl (C=O) groups is 1. The molecule has 0 spiro atoms. The minimum absolute atomic E-state index is 0.0801. The van der Waals surface area contributed by atoms with Crippen LogP contribution in [0.15, 0.2) is 41.3 Å². The first-order valence-corrected chi connectivity index (χ1v) is 8.72. The molecule has 6 nitrogen and oxygen atoms in total. The van der Waals surface area contributed by atoms with Gasteiger partial charge < -0.3 is 10.2 Å². The van der Waals surface area contributed by atoms with Gasteiger partial charge in [0, 0.05) is 32.1 Å². The molecule has 2 aromatic rings. The zero-order chi connectivity index (χ0) is 17.6. The van der Waals surface area contributed by atoms with Gasteiger partial charge >= 0.3 is 0 Å². The fourth-order valence-electron chi connectivity index (χ4n) is 3.25. The average Bonchev–Trinajstić information content (AvgIpc) is 2.61. The highest BCUT2D eigenvalue weighted by Gasteiger charge is 2.22. The molecular formula is C19H24N4O2. The standard InChI is InChI=1S/C19H24N4O2/c1-14-4-6-15(7-5-14)11-20-18(24)9-16-3-2-8-23(13-16)17-10-19(25)22-21-12-17/h4-7,10,12,16H,2-3,8-9,11,13H2,1H3,(H,20,24)(H,22,25). The Morgan fingerprint density at radius 3 is 2.92 bits per heavy atom. The third-order valence-electron chi connectivity index (χ3n) is 4.62. The molecule has 6 heteroatoms. The van der Waals surface area contributed by atoms with E-state index in [1.807, 2.05) is 19.1 Å². The Balaban J connectivity index is 1.51. The van der Waals surface area contributed by atoms with Crippen LogP contribution in [0.3, 0.4) is 0 Å². The number of anilines is 1. The minimum Gasteiger partial charge on any atom is -0.370 e. The van der Waals surface area contributed by atoms with Gasteiger partial charge in [-0.3, -0.25) is 9.59 Å². The number of hydrogen-bond donors (Lipinski definition) is 2. The number of aromatic nitrogens is 2. The molecule has 1 unspecified atom stereocenters. The van der Waals surface area contributed by atoms with Crippen molar-refractivity contribution in [3.05, 3.63) is 58.0 Å². The largest absolute Gasteiger partial charge is 0.370 e. The quantitative estimate of drug-likeness (QED) is 0.873. The summed E-state index contributed by atoms with van der Waals surface area (Å²) in [6.45, 7) is 4.29. The summed E-state index contributed by atoms with van der Waals surface area (Å²) in [5.41, 5.74) is 2.95. The molecule has 1 amide bonds. The Bertz CT molecular complexity index is 769. The first-order chi connectivity index (χ1) is 12.1. The fourth-order valence-corrected chi connectivity index (χ4v) is 3.25. The molecule has 0 saturated carbocycles. The highest BCUT2D eigenvalue weighted by molar-refractivity contribution is 5.76. The van der Waals surface area contributed by atoms with Crippen molar-refractivity contribution in [1.29, 1.82) is 0 Å². The Hall–Kier alpha value is -2.63. The van der Waals surface area contributed by atoms with Crippen LogP contribution in [0.4, 0.5) is 5.69 Å². The average molecular weight is 340 g/mol. The maximum absolute atomic E-state index is 12.3. The van der Waals surface area contributed by atoms with E-state index >= 15 is 0 Å². The first kappa shape index (κ1) is 17.2. The van der Waals surface area contributed by atoms with Crippen LogP contribution < -0.4 is 15.8 Å². The van der Waals surface area contributed by atoms with Crippen LogP contribution in [0.25, 0.3) is 0 Å². The van der Waals surface area contributed by atoms with Crippen molar-refractivity contribution in [1.82, 2.24) is 15.5 Å². The molecule has 132 valence electrons. The third-order valence-corrected chi connectivity index (χ3v) is 4.62. The summed E-state index contributed by atoms with van der Waals surface area (Å²) in [5, 5.41) is 9.25. The van der Waals surface area contributed by atoms with Crippen LogP contribution in [-0.2, 0) is 11.3 Å². The van der Waals surface area contributed by atoms with Crippen molar-refractivity contribution in [3.8, 4) is 0 Å². The zero-order valence-electron chi connectivity index (χ0n) is 14.5. The lowest BCUT2D eigenvalue weighted by molar-refractivity contribution is -0.122. The van der Waals surface area contributed by atoms with Gasteiger partial charge in [-0.1, -0.05) is 29.8 Å². The Morgan fingerprint density at radius 2 is 2.16 bits per heavy atom. The van der Waals surface area contributed by atoms with E-state index in [9.17, 15) is 9.59 Å². The first-order valence-electron chi connectivity index (χ1n) is 8.72. The van der Waals surface area contributed by atoms with E-state index in [4.69, 9.17) is 0 Å². The number of amides is 1. The smallest absolute Gasteiger partial charge is 0.266 e. The number of nitrogens with zero attached hydrogens (tertiary/aromatic N) is 2. The lowest BCUT2D eigenvalue weighted by Gasteiger charge is -2.33. The second kappa shape index (κ2) is 7.96. The van der Waals surface area contributed by atoms with Crippen molar-refractivity contribution >= 4 is 11.6 Å². The Kier molecular flexibility index (Phi) is 5.48. The molecule has 1 aromatic carbocycles. The topological polar surface area (TPSA) is 78.1 Å². The number of piperidine rings is 1. The number of nitrogens with one attached hydrogen (secondary N) is 2. The van der Waals surface area contributed by atoms with Crippen LogP contribution in [0.2, 0.25) is 0 Å². The van der Waals surface area contributed by atoms with E-state index in [1.165, 1.54) is 5.56 Å². The molecule has 1 fully saturated rings. The minimum atomic E-state index is -0.199. The summed E-state index contributed by atoms with van der Waals surface area (Å²) in [4.78, 5) is 25.8. The van der Waals surface area contributed by atoms with Gasteiger partial charge in [0.1, 0.15) is 0 Å².